The summed E-state index contributed by atoms with van der Waals surface area (Å²) in [5.41, 5.74) is -0.579. The van der Waals surface area contributed by atoms with Crippen molar-refractivity contribution in [1.29, 1.82) is 0 Å². The molecule has 9 heteroatoms. The van der Waals surface area contributed by atoms with Crippen molar-refractivity contribution in [1.82, 2.24) is 20.9 Å². The van der Waals surface area contributed by atoms with Gasteiger partial charge in [-0.1, -0.05) is 62.8 Å². The molecule has 1 saturated carbocycles. The number of urea groups is 1. The number of benzene rings is 1. The number of carbonyl (C=O) groups is 2. The minimum Gasteiger partial charge on any atom is -0.385 e. The van der Waals surface area contributed by atoms with Gasteiger partial charge >= 0.3 is 6.03 Å². The monoisotopic (exact) mass is 594 g/mol. The van der Waals surface area contributed by atoms with Crippen LogP contribution in [0, 0.1) is 17.7 Å². The number of hydrogen-bond donors (Lipinski definition) is 3. The number of methoxy groups -OCH3 is 1. The molecule has 2 unspecified atom stereocenters. The van der Waals surface area contributed by atoms with Gasteiger partial charge in [0, 0.05) is 57.3 Å². The quantitative estimate of drug-likeness (QED) is 0.206. The van der Waals surface area contributed by atoms with Crippen LogP contribution < -0.4 is 16.0 Å². The normalized spacial score (nSPS) is 20.3. The molecule has 1 heterocycles. The second-order valence-corrected chi connectivity index (χ2v) is 12.5. The maximum atomic E-state index is 15.8. The number of rotatable bonds is 15. The molecular formula is C32H52ClFN4O3. The summed E-state index contributed by atoms with van der Waals surface area (Å²) in [6.45, 7) is 4.35. The predicted molar refractivity (Wildman–Crippen MR) is 164 cm³/mol. The molecule has 1 aliphatic heterocycles. The number of ether oxygens (including phenoxy) is 1. The van der Waals surface area contributed by atoms with E-state index < -0.39 is 11.4 Å². The zero-order valence-corrected chi connectivity index (χ0v) is 26.2. The van der Waals surface area contributed by atoms with Crippen molar-refractivity contribution in [3.8, 4) is 0 Å². The fourth-order valence-electron chi connectivity index (χ4n) is 6.92. The highest BCUT2D eigenvalue weighted by Gasteiger charge is 2.45. The second kappa shape index (κ2) is 17.3. The molecule has 2 aliphatic rings. The summed E-state index contributed by atoms with van der Waals surface area (Å²) in [7, 11) is 3.59. The van der Waals surface area contributed by atoms with Gasteiger partial charge in [-0.3, -0.25) is 4.79 Å². The van der Waals surface area contributed by atoms with Gasteiger partial charge in [-0.2, -0.15) is 0 Å². The number of likely N-dealkylation sites (N-methyl/N-ethyl adjacent to an activating group) is 1. The van der Waals surface area contributed by atoms with Crippen LogP contribution in [0.1, 0.15) is 96.0 Å². The number of piperidine rings is 1. The van der Waals surface area contributed by atoms with E-state index in [2.05, 4.69) is 16.0 Å². The van der Waals surface area contributed by atoms with Gasteiger partial charge in [-0.05, 0) is 64.0 Å². The van der Waals surface area contributed by atoms with Gasteiger partial charge in [0.25, 0.3) is 0 Å². The summed E-state index contributed by atoms with van der Waals surface area (Å²) in [6.07, 6.45) is 12.0. The SMILES string of the molecule is CCCC(=O)N[C@](CCCCOC)(c1cccc(Cl)c1F)C1CCCN(C(=O)NC(CNC)CC2CCCCC2)C1. The number of unbranched alkanes of at least 4 members (excludes halogenated alkanes) is 1. The first-order valence-electron chi connectivity index (χ1n) is 15.8. The van der Waals surface area contributed by atoms with Crippen LogP contribution in [0.3, 0.4) is 0 Å². The highest BCUT2D eigenvalue weighted by Crippen LogP contribution is 2.42. The minimum absolute atomic E-state index is 0.0385. The molecule has 3 amide bonds. The van der Waals surface area contributed by atoms with Crippen LogP contribution >= 0.6 is 11.6 Å². The molecule has 1 aliphatic carbocycles. The number of amides is 3. The zero-order chi connectivity index (χ0) is 29.7. The van der Waals surface area contributed by atoms with Crippen LogP contribution in [-0.2, 0) is 15.1 Å². The molecule has 2 fully saturated rings. The first-order chi connectivity index (χ1) is 19.8. The van der Waals surface area contributed by atoms with Gasteiger partial charge in [-0.25, -0.2) is 9.18 Å². The molecule has 1 aromatic rings. The fourth-order valence-corrected chi connectivity index (χ4v) is 7.10. The number of likely N-dealkylation sites (tertiary alicyclic amines) is 1. The van der Waals surface area contributed by atoms with Crippen molar-refractivity contribution < 1.29 is 18.7 Å². The predicted octanol–water partition coefficient (Wildman–Crippen LogP) is 6.39. The standard InChI is InChI=1S/C32H52ClFN4O3/c1-4-12-29(39)37-32(18-8-9-20-41-3,27-16-10-17-28(33)30(27)34)25-15-11-19-38(23-25)31(40)36-26(22-35-2)21-24-13-6-5-7-14-24/h10,16-17,24-26,35H,4-9,11-15,18-23H2,1-3H3,(H,36,40)(H,37,39)/t25?,26?,32-/m0/s1. The van der Waals surface area contributed by atoms with Crippen LogP contribution in [0.4, 0.5) is 9.18 Å². The van der Waals surface area contributed by atoms with Crippen LogP contribution in [0.25, 0.3) is 0 Å². The van der Waals surface area contributed by atoms with E-state index in [0.717, 1.165) is 38.6 Å². The number of nitrogens with zero attached hydrogens (tertiary/aromatic N) is 1. The molecule has 3 N–H and O–H groups in total. The summed E-state index contributed by atoms with van der Waals surface area (Å²) < 4.78 is 21.1. The van der Waals surface area contributed by atoms with Gasteiger partial charge in [-0.15, -0.1) is 0 Å². The second-order valence-electron chi connectivity index (χ2n) is 12.0. The molecule has 7 nitrogen and oxygen atoms in total. The van der Waals surface area contributed by atoms with E-state index in [1.165, 1.54) is 32.1 Å². The Kier molecular flexibility index (Phi) is 14.2. The third-order valence-electron chi connectivity index (χ3n) is 8.97. The van der Waals surface area contributed by atoms with Gasteiger partial charge in [0.15, 0.2) is 0 Å². The molecule has 0 aromatic heterocycles. The molecule has 41 heavy (non-hydrogen) atoms. The van der Waals surface area contributed by atoms with E-state index in [9.17, 15) is 9.59 Å². The van der Waals surface area contributed by atoms with Gasteiger partial charge in [0.2, 0.25) is 5.91 Å². The smallest absolute Gasteiger partial charge is 0.317 e. The van der Waals surface area contributed by atoms with E-state index in [4.69, 9.17) is 16.3 Å². The van der Waals surface area contributed by atoms with E-state index in [1.54, 1.807) is 25.3 Å². The largest absolute Gasteiger partial charge is 0.385 e. The summed E-state index contributed by atoms with van der Waals surface area (Å²) in [5, 5.41) is 9.90. The fraction of sp³-hybridized carbons (Fsp3) is 0.750. The van der Waals surface area contributed by atoms with Crippen LogP contribution in [0.15, 0.2) is 18.2 Å². The first-order valence-corrected chi connectivity index (χ1v) is 16.2. The Morgan fingerprint density at radius 1 is 1.17 bits per heavy atom. The Morgan fingerprint density at radius 3 is 2.66 bits per heavy atom. The van der Waals surface area contributed by atoms with Crippen molar-refractivity contribution in [3.05, 3.63) is 34.6 Å². The Hall–Kier alpha value is -1.90. The Morgan fingerprint density at radius 2 is 1.95 bits per heavy atom. The van der Waals surface area contributed by atoms with Gasteiger partial charge in [0.1, 0.15) is 5.82 Å². The van der Waals surface area contributed by atoms with E-state index >= 15 is 4.39 Å². The topological polar surface area (TPSA) is 82.7 Å². The van der Waals surface area contributed by atoms with Crippen LogP contribution in [0.2, 0.25) is 5.02 Å². The van der Waals surface area contributed by atoms with Crippen molar-refractivity contribution in [3.63, 3.8) is 0 Å². The number of carbonyl (C=O) groups excluding carboxylic acids is 2. The van der Waals surface area contributed by atoms with Crippen molar-refractivity contribution in [2.45, 2.75) is 102 Å². The lowest BCUT2D eigenvalue weighted by atomic mass is 9.70. The van der Waals surface area contributed by atoms with Crippen LogP contribution in [0.5, 0.6) is 0 Å². The van der Waals surface area contributed by atoms with E-state index in [1.807, 2.05) is 18.9 Å². The lowest BCUT2D eigenvalue weighted by molar-refractivity contribution is -0.124. The van der Waals surface area contributed by atoms with Gasteiger partial charge < -0.3 is 25.6 Å². The molecule has 0 radical (unpaired) electrons. The first kappa shape index (κ1) is 33.6. The number of hydrogen-bond acceptors (Lipinski definition) is 4. The maximum Gasteiger partial charge on any atom is 0.317 e. The Labute approximate surface area is 251 Å². The lowest BCUT2D eigenvalue weighted by Crippen LogP contribution is -2.58. The Balaban J connectivity index is 1.87. The zero-order valence-electron chi connectivity index (χ0n) is 25.4. The van der Waals surface area contributed by atoms with Crippen molar-refractivity contribution in [2.75, 3.05) is 40.4 Å². The average molecular weight is 595 g/mol. The number of nitrogens with one attached hydrogen (secondary N) is 3. The Bertz CT molecular complexity index is 961. The molecular weight excluding hydrogens is 543 g/mol. The molecule has 1 aromatic carbocycles. The third-order valence-corrected chi connectivity index (χ3v) is 9.26. The summed E-state index contributed by atoms with van der Waals surface area (Å²) in [4.78, 5) is 28.7. The highest BCUT2D eigenvalue weighted by molar-refractivity contribution is 6.30. The van der Waals surface area contributed by atoms with Crippen molar-refractivity contribution in [2.24, 2.45) is 11.8 Å². The molecule has 0 spiro atoms. The lowest BCUT2D eigenvalue weighted by Gasteiger charge is -2.47. The third kappa shape index (κ3) is 9.55. The van der Waals surface area contributed by atoms with Gasteiger partial charge in [0.05, 0.1) is 10.6 Å². The average Bonchev–Trinajstić information content (AvgIpc) is 2.97. The minimum atomic E-state index is -0.986. The van der Waals surface area contributed by atoms with Crippen molar-refractivity contribution >= 4 is 23.5 Å². The maximum absolute atomic E-state index is 15.8. The molecule has 3 rings (SSSR count). The molecule has 0 bridgehead atoms. The van der Waals surface area contributed by atoms with E-state index in [-0.39, 0.29) is 28.9 Å². The summed E-state index contributed by atoms with van der Waals surface area (Å²) >= 11 is 6.30. The summed E-state index contributed by atoms with van der Waals surface area (Å²) in [6, 6.07) is 5.02. The van der Waals surface area contributed by atoms with E-state index in [0.29, 0.717) is 50.4 Å². The summed E-state index contributed by atoms with van der Waals surface area (Å²) in [5.74, 6) is -0.127. The van der Waals surface area contributed by atoms with Crippen LogP contribution in [-0.4, -0.2) is 63.3 Å². The molecule has 1 saturated heterocycles. The number of halogens is 2. The molecule has 3 atom stereocenters. The highest BCUT2D eigenvalue weighted by atomic mass is 35.5. The molecule has 232 valence electrons.